The second kappa shape index (κ2) is 5.55. The van der Waals surface area contributed by atoms with Crippen LogP contribution in [0.5, 0.6) is 0 Å². The van der Waals surface area contributed by atoms with E-state index < -0.39 is 0 Å². The summed E-state index contributed by atoms with van der Waals surface area (Å²) in [6, 6.07) is 1.06. The number of nitrogens with one attached hydrogen (secondary N) is 1. The molecule has 0 heterocycles. The predicted octanol–water partition coefficient (Wildman–Crippen LogP) is 2.16. The van der Waals surface area contributed by atoms with Gasteiger partial charge in [0.1, 0.15) is 0 Å². The van der Waals surface area contributed by atoms with Crippen LogP contribution in [0.25, 0.3) is 0 Å². The lowest BCUT2D eigenvalue weighted by Crippen LogP contribution is -2.41. The van der Waals surface area contributed by atoms with E-state index >= 15 is 0 Å². The first kappa shape index (κ1) is 11.7. The highest BCUT2D eigenvalue weighted by molar-refractivity contribution is 7.99. The normalized spacial score (nSPS) is 41.2. The van der Waals surface area contributed by atoms with E-state index in [4.69, 9.17) is 0 Å². The van der Waals surface area contributed by atoms with Crippen LogP contribution in [0.2, 0.25) is 0 Å². The van der Waals surface area contributed by atoms with Crippen LogP contribution in [0, 0.1) is 0 Å². The van der Waals surface area contributed by atoms with Gasteiger partial charge in [0.2, 0.25) is 0 Å². The summed E-state index contributed by atoms with van der Waals surface area (Å²) < 4.78 is 0. The zero-order valence-electron chi connectivity index (χ0n) is 9.61. The van der Waals surface area contributed by atoms with Crippen molar-refractivity contribution in [2.45, 2.75) is 68.9 Å². The average Bonchev–Trinajstić information content (AvgIpc) is 2.79. The van der Waals surface area contributed by atoms with E-state index in [0.29, 0.717) is 12.1 Å². The van der Waals surface area contributed by atoms with Gasteiger partial charge in [0.05, 0.1) is 6.10 Å². The molecule has 2 rings (SSSR count). The number of hydrogen-bond donors (Lipinski definition) is 2. The van der Waals surface area contributed by atoms with Crippen molar-refractivity contribution < 1.29 is 5.11 Å². The third-order valence-corrected chi connectivity index (χ3v) is 4.95. The van der Waals surface area contributed by atoms with Crippen molar-refractivity contribution in [3.05, 3.63) is 0 Å². The Hall–Kier alpha value is 0.270. The molecule has 2 aliphatic rings. The van der Waals surface area contributed by atoms with E-state index in [1.54, 1.807) is 0 Å². The molecule has 3 heteroatoms. The minimum absolute atomic E-state index is 0.0807. The third kappa shape index (κ3) is 3.11. The summed E-state index contributed by atoms with van der Waals surface area (Å²) in [4.78, 5) is 0. The van der Waals surface area contributed by atoms with Gasteiger partial charge < -0.3 is 10.4 Å². The smallest absolute Gasteiger partial charge is 0.0693 e. The Bertz CT molecular complexity index is 200. The highest BCUT2D eigenvalue weighted by atomic mass is 32.2. The number of hydrogen-bond acceptors (Lipinski definition) is 3. The standard InChI is InChI=1S/C12H23NOS/c1-2-15-10-7-6-9(8-10)13-11-4-3-5-12(11)14/h9-14H,2-8H2,1H3. The van der Waals surface area contributed by atoms with Crippen molar-refractivity contribution in [2.24, 2.45) is 0 Å². The monoisotopic (exact) mass is 229 g/mol. The minimum atomic E-state index is -0.0807. The second-order valence-electron chi connectivity index (χ2n) is 4.86. The molecular weight excluding hydrogens is 206 g/mol. The van der Waals surface area contributed by atoms with E-state index in [-0.39, 0.29) is 6.10 Å². The van der Waals surface area contributed by atoms with Gasteiger partial charge in [0.25, 0.3) is 0 Å². The van der Waals surface area contributed by atoms with E-state index in [1.165, 1.54) is 37.9 Å². The molecule has 0 spiro atoms. The highest BCUT2D eigenvalue weighted by Crippen LogP contribution is 2.31. The lowest BCUT2D eigenvalue weighted by atomic mass is 10.1. The fourth-order valence-electron chi connectivity index (χ4n) is 2.92. The van der Waals surface area contributed by atoms with Gasteiger partial charge in [0, 0.05) is 17.3 Å². The van der Waals surface area contributed by atoms with Crippen LogP contribution in [0.3, 0.4) is 0 Å². The molecule has 15 heavy (non-hydrogen) atoms. The predicted molar refractivity (Wildman–Crippen MR) is 66.3 cm³/mol. The average molecular weight is 229 g/mol. The molecule has 88 valence electrons. The summed E-state index contributed by atoms with van der Waals surface area (Å²) in [6.07, 6.45) is 7.25. The van der Waals surface area contributed by atoms with Crippen molar-refractivity contribution in [3.8, 4) is 0 Å². The quantitative estimate of drug-likeness (QED) is 0.775. The summed E-state index contributed by atoms with van der Waals surface area (Å²) in [5.41, 5.74) is 0. The van der Waals surface area contributed by atoms with E-state index in [1.807, 2.05) is 0 Å². The Morgan fingerprint density at radius 2 is 2.13 bits per heavy atom. The summed E-state index contributed by atoms with van der Waals surface area (Å²) in [7, 11) is 0. The Morgan fingerprint density at radius 1 is 1.27 bits per heavy atom. The van der Waals surface area contributed by atoms with Gasteiger partial charge in [-0.3, -0.25) is 0 Å². The maximum Gasteiger partial charge on any atom is 0.0693 e. The maximum absolute atomic E-state index is 9.75. The molecule has 0 amide bonds. The Kier molecular flexibility index (Phi) is 4.35. The summed E-state index contributed by atoms with van der Waals surface area (Å²) in [5, 5.41) is 14.3. The van der Waals surface area contributed by atoms with E-state index in [9.17, 15) is 5.11 Å². The second-order valence-corrected chi connectivity index (χ2v) is 6.44. The fourth-order valence-corrected chi connectivity index (χ4v) is 4.06. The molecule has 0 radical (unpaired) electrons. The Balaban J connectivity index is 1.72. The number of aliphatic hydroxyl groups is 1. The van der Waals surface area contributed by atoms with Crippen LogP contribution in [-0.4, -0.2) is 34.3 Å². The Morgan fingerprint density at radius 3 is 2.80 bits per heavy atom. The molecule has 2 saturated carbocycles. The lowest BCUT2D eigenvalue weighted by molar-refractivity contribution is 0.143. The van der Waals surface area contributed by atoms with Gasteiger partial charge >= 0.3 is 0 Å². The first-order valence-corrected chi connectivity index (χ1v) is 7.40. The van der Waals surface area contributed by atoms with Gasteiger partial charge in [-0.15, -0.1) is 0 Å². The van der Waals surface area contributed by atoms with Gasteiger partial charge in [-0.2, -0.15) is 11.8 Å². The van der Waals surface area contributed by atoms with Crippen LogP contribution in [0.4, 0.5) is 0 Å². The third-order valence-electron chi connectivity index (χ3n) is 3.72. The molecule has 4 atom stereocenters. The highest BCUT2D eigenvalue weighted by Gasteiger charge is 2.31. The SMILES string of the molecule is CCSC1CCC(NC2CCCC2O)C1. The van der Waals surface area contributed by atoms with Gasteiger partial charge in [-0.05, 0) is 44.3 Å². The molecule has 2 fully saturated rings. The molecule has 2 aliphatic carbocycles. The van der Waals surface area contributed by atoms with Crippen molar-refractivity contribution >= 4 is 11.8 Å². The molecule has 0 aliphatic heterocycles. The first-order valence-electron chi connectivity index (χ1n) is 6.35. The molecular formula is C12H23NOS. The van der Waals surface area contributed by atoms with Crippen molar-refractivity contribution in [2.75, 3.05) is 5.75 Å². The van der Waals surface area contributed by atoms with E-state index in [0.717, 1.165) is 11.7 Å². The van der Waals surface area contributed by atoms with Crippen LogP contribution in [0.15, 0.2) is 0 Å². The van der Waals surface area contributed by atoms with Gasteiger partial charge in [-0.25, -0.2) is 0 Å². The Labute approximate surface area is 97.2 Å². The van der Waals surface area contributed by atoms with Crippen LogP contribution < -0.4 is 5.32 Å². The maximum atomic E-state index is 9.75. The number of rotatable bonds is 4. The van der Waals surface area contributed by atoms with Crippen LogP contribution in [0.1, 0.15) is 45.4 Å². The largest absolute Gasteiger partial charge is 0.392 e. The van der Waals surface area contributed by atoms with Crippen molar-refractivity contribution in [1.82, 2.24) is 5.32 Å². The summed E-state index contributed by atoms with van der Waals surface area (Å²) in [6.45, 7) is 2.24. The van der Waals surface area contributed by atoms with E-state index in [2.05, 4.69) is 24.0 Å². The van der Waals surface area contributed by atoms with Gasteiger partial charge in [-0.1, -0.05) is 6.92 Å². The van der Waals surface area contributed by atoms with Crippen LogP contribution in [-0.2, 0) is 0 Å². The molecule has 4 unspecified atom stereocenters. The number of thioether (sulfide) groups is 1. The molecule has 0 saturated heterocycles. The van der Waals surface area contributed by atoms with Crippen molar-refractivity contribution in [1.29, 1.82) is 0 Å². The number of aliphatic hydroxyl groups excluding tert-OH is 1. The molecule has 0 aromatic rings. The van der Waals surface area contributed by atoms with Crippen LogP contribution >= 0.6 is 11.8 Å². The summed E-state index contributed by atoms with van der Waals surface area (Å²) >= 11 is 2.10. The minimum Gasteiger partial charge on any atom is -0.392 e. The molecule has 0 aromatic heterocycles. The zero-order valence-corrected chi connectivity index (χ0v) is 10.4. The first-order chi connectivity index (χ1) is 7.29. The topological polar surface area (TPSA) is 32.3 Å². The lowest BCUT2D eigenvalue weighted by Gasteiger charge is -2.21. The van der Waals surface area contributed by atoms with Crippen molar-refractivity contribution in [3.63, 3.8) is 0 Å². The summed E-state index contributed by atoms with van der Waals surface area (Å²) in [5.74, 6) is 1.24. The van der Waals surface area contributed by atoms with Gasteiger partial charge in [0.15, 0.2) is 0 Å². The molecule has 2 nitrogen and oxygen atoms in total. The molecule has 0 bridgehead atoms. The zero-order chi connectivity index (χ0) is 10.7. The molecule has 0 aromatic carbocycles. The molecule has 2 N–H and O–H groups in total. The fraction of sp³-hybridized carbons (Fsp3) is 1.00.